The van der Waals surface area contributed by atoms with E-state index in [0.717, 1.165) is 24.3 Å². The standard InChI is InChI=1S/C18H22N4O2/c1-2-24-15-7-4-3-6-14(15)13-22-11-5-8-18(22,17(19)23)16-12-20-9-10-21-16/h3-4,6-7,9-10,12H,2,5,8,11,13H2,1H3,(H2,19,23)/t18-/m0/s1. The highest BCUT2D eigenvalue weighted by molar-refractivity contribution is 5.86. The van der Waals surface area contributed by atoms with Gasteiger partial charge in [0.2, 0.25) is 5.91 Å². The second kappa shape index (κ2) is 6.97. The molecule has 24 heavy (non-hydrogen) atoms. The van der Waals surface area contributed by atoms with Crippen molar-refractivity contribution in [1.82, 2.24) is 14.9 Å². The van der Waals surface area contributed by atoms with E-state index in [4.69, 9.17) is 10.5 Å². The largest absolute Gasteiger partial charge is 0.494 e. The first kappa shape index (κ1) is 16.4. The van der Waals surface area contributed by atoms with E-state index < -0.39 is 5.54 Å². The van der Waals surface area contributed by atoms with Crippen molar-refractivity contribution in [3.05, 3.63) is 54.1 Å². The van der Waals surface area contributed by atoms with Crippen LogP contribution in [0.1, 0.15) is 31.0 Å². The van der Waals surface area contributed by atoms with Crippen LogP contribution in [0.25, 0.3) is 0 Å². The van der Waals surface area contributed by atoms with Gasteiger partial charge in [-0.25, -0.2) is 0 Å². The summed E-state index contributed by atoms with van der Waals surface area (Å²) in [6.07, 6.45) is 6.37. The molecule has 6 heteroatoms. The van der Waals surface area contributed by atoms with Crippen LogP contribution in [0.5, 0.6) is 5.75 Å². The van der Waals surface area contributed by atoms with E-state index in [2.05, 4.69) is 14.9 Å². The average molecular weight is 326 g/mol. The number of nitrogens with zero attached hydrogens (tertiary/aromatic N) is 3. The number of hydrogen-bond donors (Lipinski definition) is 1. The Morgan fingerprint density at radius 3 is 2.92 bits per heavy atom. The molecule has 2 aromatic rings. The second-order valence-electron chi connectivity index (χ2n) is 5.88. The summed E-state index contributed by atoms with van der Waals surface area (Å²) in [4.78, 5) is 23.0. The molecule has 0 aliphatic carbocycles. The Balaban J connectivity index is 1.96. The average Bonchev–Trinajstić information content (AvgIpc) is 3.02. The molecule has 1 aliphatic heterocycles. The fourth-order valence-electron chi connectivity index (χ4n) is 3.43. The molecule has 1 aromatic carbocycles. The molecule has 0 unspecified atom stereocenters. The molecule has 0 bridgehead atoms. The smallest absolute Gasteiger partial charge is 0.244 e. The SMILES string of the molecule is CCOc1ccccc1CN1CCC[C@@]1(C(N)=O)c1cnccn1. The molecule has 1 fully saturated rings. The van der Waals surface area contributed by atoms with Crippen molar-refractivity contribution in [2.45, 2.75) is 31.8 Å². The zero-order valence-corrected chi connectivity index (χ0v) is 13.8. The van der Waals surface area contributed by atoms with Gasteiger partial charge in [-0.3, -0.25) is 19.7 Å². The van der Waals surface area contributed by atoms with Crippen molar-refractivity contribution < 1.29 is 9.53 Å². The third-order valence-electron chi connectivity index (χ3n) is 4.53. The van der Waals surface area contributed by atoms with Crippen LogP contribution in [0.3, 0.4) is 0 Å². The highest BCUT2D eigenvalue weighted by Crippen LogP contribution is 2.39. The molecule has 0 radical (unpaired) electrons. The van der Waals surface area contributed by atoms with Crippen molar-refractivity contribution in [2.24, 2.45) is 5.73 Å². The summed E-state index contributed by atoms with van der Waals surface area (Å²) in [6.45, 7) is 3.91. The molecule has 6 nitrogen and oxygen atoms in total. The molecule has 0 spiro atoms. The van der Waals surface area contributed by atoms with Crippen molar-refractivity contribution in [3.63, 3.8) is 0 Å². The second-order valence-corrected chi connectivity index (χ2v) is 5.88. The summed E-state index contributed by atoms with van der Waals surface area (Å²) >= 11 is 0. The number of hydrogen-bond acceptors (Lipinski definition) is 5. The van der Waals surface area contributed by atoms with Gasteiger partial charge in [-0.1, -0.05) is 18.2 Å². The summed E-state index contributed by atoms with van der Waals surface area (Å²) in [5.41, 5.74) is 6.57. The fourth-order valence-corrected chi connectivity index (χ4v) is 3.43. The summed E-state index contributed by atoms with van der Waals surface area (Å²) < 4.78 is 5.71. The van der Waals surface area contributed by atoms with Crippen molar-refractivity contribution in [1.29, 1.82) is 0 Å². The van der Waals surface area contributed by atoms with Gasteiger partial charge in [0, 0.05) is 24.5 Å². The zero-order chi connectivity index (χ0) is 17.0. The molecular formula is C18H22N4O2. The number of rotatable bonds is 6. The summed E-state index contributed by atoms with van der Waals surface area (Å²) in [5, 5.41) is 0. The predicted molar refractivity (Wildman–Crippen MR) is 90.2 cm³/mol. The summed E-state index contributed by atoms with van der Waals surface area (Å²) in [5.74, 6) is 0.457. The number of para-hydroxylation sites is 1. The normalized spacial score (nSPS) is 20.9. The lowest BCUT2D eigenvalue weighted by atomic mass is 9.90. The summed E-state index contributed by atoms with van der Waals surface area (Å²) in [6, 6.07) is 7.89. The molecule has 1 aliphatic rings. The lowest BCUT2D eigenvalue weighted by Gasteiger charge is -2.35. The van der Waals surface area contributed by atoms with Crippen LogP contribution < -0.4 is 10.5 Å². The van der Waals surface area contributed by atoms with Crippen LogP contribution in [0.2, 0.25) is 0 Å². The lowest BCUT2D eigenvalue weighted by molar-refractivity contribution is -0.129. The predicted octanol–water partition coefficient (Wildman–Crippen LogP) is 1.85. The van der Waals surface area contributed by atoms with Gasteiger partial charge in [0.15, 0.2) is 0 Å². The zero-order valence-electron chi connectivity index (χ0n) is 13.8. The molecule has 1 amide bonds. The number of nitrogens with two attached hydrogens (primary N) is 1. The number of likely N-dealkylation sites (tertiary alicyclic amines) is 1. The van der Waals surface area contributed by atoms with E-state index in [1.54, 1.807) is 18.6 Å². The maximum Gasteiger partial charge on any atom is 0.244 e. The number of amides is 1. The maximum atomic E-state index is 12.4. The van der Waals surface area contributed by atoms with Gasteiger partial charge in [0.1, 0.15) is 11.3 Å². The Hall–Kier alpha value is -2.47. The number of benzene rings is 1. The van der Waals surface area contributed by atoms with Gasteiger partial charge in [0.25, 0.3) is 0 Å². The molecule has 1 saturated heterocycles. The Kier molecular flexibility index (Phi) is 4.76. The minimum absolute atomic E-state index is 0.380. The Morgan fingerprint density at radius 2 is 2.21 bits per heavy atom. The van der Waals surface area contributed by atoms with Gasteiger partial charge < -0.3 is 10.5 Å². The highest BCUT2D eigenvalue weighted by atomic mass is 16.5. The minimum atomic E-state index is -0.909. The molecule has 126 valence electrons. The maximum absolute atomic E-state index is 12.4. The molecule has 1 atom stereocenters. The van der Waals surface area contributed by atoms with Crippen LogP contribution in [-0.2, 0) is 16.9 Å². The molecule has 1 aromatic heterocycles. The Morgan fingerprint density at radius 1 is 1.38 bits per heavy atom. The molecule has 2 N–H and O–H groups in total. The number of primary amides is 1. The van der Waals surface area contributed by atoms with Crippen molar-refractivity contribution in [3.8, 4) is 5.75 Å². The van der Waals surface area contributed by atoms with E-state index in [0.29, 0.717) is 25.3 Å². The van der Waals surface area contributed by atoms with E-state index in [-0.39, 0.29) is 5.91 Å². The molecule has 0 saturated carbocycles. The van der Waals surface area contributed by atoms with Crippen LogP contribution in [-0.4, -0.2) is 33.9 Å². The first-order valence-electron chi connectivity index (χ1n) is 8.20. The van der Waals surface area contributed by atoms with Gasteiger partial charge in [-0.15, -0.1) is 0 Å². The minimum Gasteiger partial charge on any atom is -0.494 e. The van der Waals surface area contributed by atoms with E-state index >= 15 is 0 Å². The number of carbonyl (C=O) groups excluding carboxylic acids is 1. The van der Waals surface area contributed by atoms with E-state index in [1.807, 2.05) is 31.2 Å². The third-order valence-corrected chi connectivity index (χ3v) is 4.53. The number of carbonyl (C=O) groups is 1. The number of ether oxygens (including phenoxy) is 1. The van der Waals surface area contributed by atoms with Crippen LogP contribution >= 0.6 is 0 Å². The Bertz CT molecular complexity index is 707. The molecule has 2 heterocycles. The van der Waals surface area contributed by atoms with Gasteiger partial charge in [-0.05, 0) is 32.4 Å². The topological polar surface area (TPSA) is 81.3 Å². The quantitative estimate of drug-likeness (QED) is 0.876. The van der Waals surface area contributed by atoms with E-state index in [1.165, 1.54) is 0 Å². The third kappa shape index (κ3) is 2.85. The number of aromatic nitrogens is 2. The molecule has 3 rings (SSSR count). The Labute approximate surface area is 141 Å². The monoisotopic (exact) mass is 326 g/mol. The van der Waals surface area contributed by atoms with Crippen molar-refractivity contribution >= 4 is 5.91 Å². The highest BCUT2D eigenvalue weighted by Gasteiger charge is 2.49. The first-order valence-corrected chi connectivity index (χ1v) is 8.20. The lowest BCUT2D eigenvalue weighted by Crippen LogP contribution is -2.51. The van der Waals surface area contributed by atoms with Crippen LogP contribution in [0.15, 0.2) is 42.9 Å². The fraction of sp³-hybridized carbons (Fsp3) is 0.389. The van der Waals surface area contributed by atoms with Gasteiger partial charge in [0.05, 0.1) is 18.5 Å². The molecular weight excluding hydrogens is 304 g/mol. The van der Waals surface area contributed by atoms with Crippen LogP contribution in [0, 0.1) is 0 Å². The van der Waals surface area contributed by atoms with E-state index in [9.17, 15) is 4.79 Å². The van der Waals surface area contributed by atoms with Gasteiger partial charge >= 0.3 is 0 Å². The summed E-state index contributed by atoms with van der Waals surface area (Å²) in [7, 11) is 0. The van der Waals surface area contributed by atoms with Crippen LogP contribution in [0.4, 0.5) is 0 Å². The van der Waals surface area contributed by atoms with Gasteiger partial charge in [-0.2, -0.15) is 0 Å². The first-order chi connectivity index (χ1) is 11.7. The van der Waals surface area contributed by atoms with Crippen molar-refractivity contribution in [2.75, 3.05) is 13.2 Å².